The van der Waals surface area contributed by atoms with Crippen LogP contribution in [0, 0.1) is 13.8 Å². The highest BCUT2D eigenvalue weighted by Gasteiger charge is 2.44. The summed E-state index contributed by atoms with van der Waals surface area (Å²) in [6, 6.07) is 13.6. The van der Waals surface area contributed by atoms with Crippen molar-refractivity contribution in [2.24, 2.45) is 0 Å². The second-order valence-electron chi connectivity index (χ2n) is 7.69. The minimum Gasteiger partial charge on any atom is -0.496 e. The lowest BCUT2D eigenvalue weighted by atomic mass is 9.86. The summed E-state index contributed by atoms with van der Waals surface area (Å²) in [4.78, 5) is 17.9. The first-order valence-corrected chi connectivity index (χ1v) is 11.8. The molecular formula is C24H28N2O5S. The highest BCUT2D eigenvalue weighted by Crippen LogP contribution is 2.38. The molecule has 1 heterocycles. The number of fused-ring (bicyclic) bond motifs is 1. The Labute approximate surface area is 188 Å². The number of hydrogen-bond donors (Lipinski definition) is 1. The molecule has 0 saturated heterocycles. The van der Waals surface area contributed by atoms with Crippen molar-refractivity contribution in [3.8, 4) is 5.75 Å². The van der Waals surface area contributed by atoms with E-state index in [9.17, 15) is 13.2 Å². The topological polar surface area (TPSA) is 94.6 Å². The van der Waals surface area contributed by atoms with Crippen molar-refractivity contribution in [1.29, 1.82) is 0 Å². The monoisotopic (exact) mass is 456 g/mol. The highest BCUT2D eigenvalue weighted by molar-refractivity contribution is 7.90. The number of methoxy groups -OCH3 is 2. The first kappa shape index (κ1) is 23.7. The normalized spacial score (nSPS) is 13.5. The Morgan fingerprint density at radius 1 is 1.09 bits per heavy atom. The number of nitrogens with one attached hydrogen (secondary N) is 1. The van der Waals surface area contributed by atoms with Crippen molar-refractivity contribution in [1.82, 2.24) is 9.71 Å². The zero-order valence-electron chi connectivity index (χ0n) is 18.9. The number of carbonyl (C=O) groups excluding carboxylic acids is 1. The summed E-state index contributed by atoms with van der Waals surface area (Å²) in [5.74, 6) is -0.328. The van der Waals surface area contributed by atoms with E-state index in [2.05, 4.69) is 9.71 Å². The summed E-state index contributed by atoms with van der Waals surface area (Å²) in [7, 11) is -1.31. The van der Waals surface area contributed by atoms with Crippen molar-refractivity contribution in [2.75, 3.05) is 14.2 Å². The number of benzene rings is 2. The predicted molar refractivity (Wildman–Crippen MR) is 123 cm³/mol. The molecule has 0 fully saturated rings. The van der Waals surface area contributed by atoms with Crippen molar-refractivity contribution in [3.05, 3.63) is 65.4 Å². The molecule has 1 N–H and O–H groups in total. The van der Waals surface area contributed by atoms with Gasteiger partial charge in [0.15, 0.2) is 5.60 Å². The smallest absolute Gasteiger partial charge is 0.270 e. The van der Waals surface area contributed by atoms with Crippen LogP contribution in [0.3, 0.4) is 0 Å². The Kier molecular flexibility index (Phi) is 6.85. The second-order valence-corrected chi connectivity index (χ2v) is 9.35. The van der Waals surface area contributed by atoms with Crippen LogP contribution >= 0.6 is 0 Å². The molecule has 3 rings (SSSR count). The molecule has 0 aliphatic rings. The number of nitrogens with zero attached hydrogens (tertiary/aromatic N) is 1. The molecule has 0 bridgehead atoms. The Bertz CT molecular complexity index is 1260. The molecule has 3 aromatic rings. The lowest BCUT2D eigenvalue weighted by molar-refractivity contribution is -0.144. The molecular weight excluding hydrogens is 428 g/mol. The summed E-state index contributed by atoms with van der Waals surface area (Å²) in [6.45, 7) is 5.61. The van der Waals surface area contributed by atoms with Gasteiger partial charge in [-0.15, -0.1) is 0 Å². The SMILES string of the molecule is CCC[C@](OC)(C(=O)NS(=O)(=O)c1cccc2nc(C)ccc12)c1cc(C)ccc1OC. The quantitative estimate of drug-likeness (QED) is 0.550. The molecule has 1 amide bonds. The van der Waals surface area contributed by atoms with Gasteiger partial charge in [0, 0.05) is 23.8 Å². The maximum absolute atomic E-state index is 13.6. The van der Waals surface area contributed by atoms with Gasteiger partial charge < -0.3 is 9.47 Å². The van der Waals surface area contributed by atoms with Gasteiger partial charge in [0.25, 0.3) is 15.9 Å². The van der Waals surface area contributed by atoms with E-state index >= 15 is 0 Å². The van der Waals surface area contributed by atoms with E-state index in [0.29, 0.717) is 28.6 Å². The van der Waals surface area contributed by atoms with Gasteiger partial charge in [0.1, 0.15) is 5.75 Å². The first-order chi connectivity index (χ1) is 15.2. The number of hydrogen-bond acceptors (Lipinski definition) is 6. The zero-order valence-corrected chi connectivity index (χ0v) is 19.7. The van der Waals surface area contributed by atoms with Crippen LogP contribution in [0.15, 0.2) is 53.4 Å². The third-order valence-electron chi connectivity index (χ3n) is 5.46. The van der Waals surface area contributed by atoms with E-state index in [1.807, 2.05) is 26.8 Å². The number of ether oxygens (including phenoxy) is 2. The minimum atomic E-state index is -4.21. The van der Waals surface area contributed by atoms with Gasteiger partial charge in [-0.3, -0.25) is 9.78 Å². The number of amides is 1. The van der Waals surface area contributed by atoms with Crippen molar-refractivity contribution in [3.63, 3.8) is 0 Å². The Morgan fingerprint density at radius 2 is 1.84 bits per heavy atom. The maximum atomic E-state index is 13.6. The molecule has 0 spiro atoms. The van der Waals surface area contributed by atoms with E-state index < -0.39 is 21.5 Å². The summed E-state index contributed by atoms with van der Waals surface area (Å²) < 4.78 is 40.1. The number of aromatic nitrogens is 1. The van der Waals surface area contributed by atoms with E-state index in [0.717, 1.165) is 11.3 Å². The lowest BCUT2D eigenvalue weighted by Gasteiger charge is -2.32. The first-order valence-electron chi connectivity index (χ1n) is 10.3. The molecule has 0 radical (unpaired) electrons. The third kappa shape index (κ3) is 4.33. The molecule has 32 heavy (non-hydrogen) atoms. The van der Waals surface area contributed by atoms with Gasteiger partial charge >= 0.3 is 0 Å². The Balaban J connectivity index is 2.11. The van der Waals surface area contributed by atoms with Crippen LogP contribution < -0.4 is 9.46 Å². The molecule has 8 heteroatoms. The van der Waals surface area contributed by atoms with Gasteiger partial charge in [-0.25, -0.2) is 13.1 Å². The van der Waals surface area contributed by atoms with Crippen LogP contribution in [0.5, 0.6) is 5.75 Å². The van der Waals surface area contributed by atoms with Gasteiger partial charge in [0.2, 0.25) is 0 Å². The molecule has 2 aromatic carbocycles. The van der Waals surface area contributed by atoms with Crippen LogP contribution in [0.1, 0.15) is 36.6 Å². The molecule has 1 aromatic heterocycles. The average Bonchev–Trinajstić information content (AvgIpc) is 2.76. The van der Waals surface area contributed by atoms with Gasteiger partial charge in [-0.05, 0) is 56.7 Å². The number of aryl methyl sites for hydroxylation is 2. The standard InChI is InChI=1S/C24H28N2O5S/c1-6-14-24(31-5,19-15-16(2)10-13-21(19)30-4)23(27)26-32(28,29)22-9-7-8-20-18(22)12-11-17(3)25-20/h7-13,15H,6,14H2,1-5H3,(H,26,27)/t24-/m1/s1. The number of rotatable bonds is 8. The van der Waals surface area contributed by atoms with Gasteiger partial charge in [-0.2, -0.15) is 0 Å². The number of sulfonamides is 1. The number of pyridine rings is 1. The van der Waals surface area contributed by atoms with E-state index in [1.165, 1.54) is 20.3 Å². The second kappa shape index (κ2) is 9.26. The largest absolute Gasteiger partial charge is 0.496 e. The van der Waals surface area contributed by atoms with Crippen LogP contribution in [-0.4, -0.2) is 33.5 Å². The highest BCUT2D eigenvalue weighted by atomic mass is 32.2. The fourth-order valence-electron chi connectivity index (χ4n) is 3.89. The lowest BCUT2D eigenvalue weighted by Crippen LogP contribution is -2.48. The Hall–Kier alpha value is -2.97. The fraction of sp³-hybridized carbons (Fsp3) is 0.333. The van der Waals surface area contributed by atoms with Crippen LogP contribution in [-0.2, 0) is 25.2 Å². The fourth-order valence-corrected chi connectivity index (χ4v) is 5.13. The summed E-state index contributed by atoms with van der Waals surface area (Å²) in [5, 5.41) is 0.435. The molecule has 0 saturated carbocycles. The van der Waals surface area contributed by atoms with E-state index in [1.54, 1.807) is 36.4 Å². The summed E-state index contributed by atoms with van der Waals surface area (Å²) >= 11 is 0. The summed E-state index contributed by atoms with van der Waals surface area (Å²) in [5.41, 5.74) is 1.13. The van der Waals surface area contributed by atoms with E-state index in [-0.39, 0.29) is 11.3 Å². The maximum Gasteiger partial charge on any atom is 0.270 e. The number of carbonyl (C=O) groups is 1. The molecule has 1 atom stereocenters. The van der Waals surface area contributed by atoms with Crippen molar-refractivity contribution < 1.29 is 22.7 Å². The summed E-state index contributed by atoms with van der Waals surface area (Å²) in [6.07, 6.45) is 0.844. The average molecular weight is 457 g/mol. The molecule has 170 valence electrons. The molecule has 0 unspecified atom stereocenters. The molecule has 0 aliphatic carbocycles. The molecule has 7 nitrogen and oxygen atoms in total. The van der Waals surface area contributed by atoms with Crippen molar-refractivity contribution in [2.45, 2.75) is 44.1 Å². The Morgan fingerprint density at radius 3 is 2.50 bits per heavy atom. The van der Waals surface area contributed by atoms with Gasteiger partial charge in [0.05, 0.1) is 17.5 Å². The third-order valence-corrected chi connectivity index (χ3v) is 6.84. The molecule has 0 aliphatic heterocycles. The van der Waals surface area contributed by atoms with Crippen LogP contribution in [0.2, 0.25) is 0 Å². The minimum absolute atomic E-state index is 0.0199. The zero-order chi connectivity index (χ0) is 23.5. The predicted octanol–water partition coefficient (Wildman–Crippen LogP) is 4.01. The van der Waals surface area contributed by atoms with Crippen molar-refractivity contribution >= 4 is 26.8 Å². The van der Waals surface area contributed by atoms with Crippen LogP contribution in [0.25, 0.3) is 10.9 Å². The van der Waals surface area contributed by atoms with Crippen LogP contribution in [0.4, 0.5) is 0 Å². The van der Waals surface area contributed by atoms with Gasteiger partial charge in [-0.1, -0.05) is 31.0 Å². The van der Waals surface area contributed by atoms with E-state index in [4.69, 9.17) is 9.47 Å².